The first-order valence-corrected chi connectivity index (χ1v) is 10.8. The number of ether oxygens (including phenoxy) is 1. The Hall–Kier alpha value is -3.86. The molecule has 5 heteroatoms. The highest BCUT2D eigenvalue weighted by Gasteiger charge is 2.08. The van der Waals surface area contributed by atoms with Crippen LogP contribution in [0.4, 0.5) is 0 Å². The van der Waals surface area contributed by atoms with Gasteiger partial charge in [-0.1, -0.05) is 74.5 Å². The fourth-order valence-corrected chi connectivity index (χ4v) is 3.59. The highest BCUT2D eigenvalue weighted by Crippen LogP contribution is 2.21. The maximum Gasteiger partial charge on any atom is 0.277 e. The van der Waals surface area contributed by atoms with Crippen molar-refractivity contribution in [3.63, 3.8) is 0 Å². The number of nitrogens with zero attached hydrogens (tertiary/aromatic N) is 2. The Morgan fingerprint density at radius 3 is 2.47 bits per heavy atom. The van der Waals surface area contributed by atoms with E-state index in [0.717, 1.165) is 23.0 Å². The van der Waals surface area contributed by atoms with Crippen molar-refractivity contribution in [2.24, 2.45) is 5.10 Å². The lowest BCUT2D eigenvalue weighted by atomic mass is 10.0. The Bertz CT molecular complexity index is 1210. The third-order valence-corrected chi connectivity index (χ3v) is 5.32. The first-order chi connectivity index (χ1) is 15.6. The van der Waals surface area contributed by atoms with E-state index >= 15 is 0 Å². The summed E-state index contributed by atoms with van der Waals surface area (Å²) in [6, 6.07) is 26.3. The number of benzene rings is 3. The largest absolute Gasteiger partial charge is 0.484 e. The van der Waals surface area contributed by atoms with Gasteiger partial charge in [0.05, 0.1) is 6.21 Å². The zero-order valence-electron chi connectivity index (χ0n) is 18.4. The van der Waals surface area contributed by atoms with E-state index in [-0.39, 0.29) is 12.5 Å². The molecule has 0 saturated carbocycles. The number of hydrogen-bond donors (Lipinski definition) is 1. The monoisotopic (exact) mass is 425 g/mol. The quantitative estimate of drug-likeness (QED) is 0.306. The van der Waals surface area contributed by atoms with E-state index in [0.29, 0.717) is 11.7 Å². The van der Waals surface area contributed by atoms with E-state index in [1.165, 1.54) is 11.1 Å². The average molecular weight is 426 g/mol. The lowest BCUT2D eigenvalue weighted by Crippen LogP contribution is -2.24. The smallest absolute Gasteiger partial charge is 0.277 e. The molecule has 0 unspecified atom stereocenters. The molecule has 3 aromatic carbocycles. The van der Waals surface area contributed by atoms with Crippen molar-refractivity contribution in [2.45, 2.75) is 26.3 Å². The predicted octanol–water partition coefficient (Wildman–Crippen LogP) is 5.34. The molecule has 0 aliphatic rings. The Balaban J connectivity index is 1.38. The second kappa shape index (κ2) is 9.96. The van der Waals surface area contributed by atoms with Gasteiger partial charge >= 0.3 is 0 Å². The van der Waals surface area contributed by atoms with Crippen LogP contribution in [0.2, 0.25) is 0 Å². The first-order valence-electron chi connectivity index (χ1n) is 10.8. The molecule has 1 heterocycles. The predicted molar refractivity (Wildman–Crippen MR) is 129 cm³/mol. The summed E-state index contributed by atoms with van der Waals surface area (Å²) in [6.45, 7) is 4.96. The molecule has 0 aliphatic heterocycles. The Kier molecular flexibility index (Phi) is 6.66. The van der Waals surface area contributed by atoms with Gasteiger partial charge in [0.25, 0.3) is 5.91 Å². The third-order valence-electron chi connectivity index (χ3n) is 5.32. The molecule has 0 spiro atoms. The number of carbonyl (C=O) groups excluding carboxylic acids is 1. The molecular weight excluding hydrogens is 398 g/mol. The summed E-state index contributed by atoms with van der Waals surface area (Å²) in [5, 5.41) is 5.23. The van der Waals surface area contributed by atoms with Gasteiger partial charge in [-0.05, 0) is 35.2 Å². The molecule has 162 valence electrons. The maximum absolute atomic E-state index is 12.1. The molecule has 0 atom stereocenters. The van der Waals surface area contributed by atoms with Gasteiger partial charge in [-0.2, -0.15) is 5.10 Å². The van der Waals surface area contributed by atoms with Crippen molar-refractivity contribution in [3.05, 3.63) is 102 Å². The number of rotatable bonds is 8. The van der Waals surface area contributed by atoms with Gasteiger partial charge in [0.1, 0.15) is 5.75 Å². The van der Waals surface area contributed by atoms with Crippen LogP contribution in [0, 0.1) is 0 Å². The van der Waals surface area contributed by atoms with E-state index < -0.39 is 0 Å². The minimum absolute atomic E-state index is 0.0892. The Morgan fingerprint density at radius 1 is 1.00 bits per heavy atom. The van der Waals surface area contributed by atoms with E-state index in [2.05, 4.69) is 59.4 Å². The lowest BCUT2D eigenvalue weighted by Gasteiger charge is -2.08. The van der Waals surface area contributed by atoms with E-state index in [1.54, 1.807) is 6.21 Å². The summed E-state index contributed by atoms with van der Waals surface area (Å²) in [6.07, 6.45) is 3.74. The zero-order chi connectivity index (χ0) is 22.3. The molecule has 0 saturated heterocycles. The molecule has 1 aromatic heterocycles. The third kappa shape index (κ3) is 5.24. The first kappa shape index (κ1) is 21.4. The highest BCUT2D eigenvalue weighted by molar-refractivity contribution is 5.99. The van der Waals surface area contributed by atoms with Crippen LogP contribution in [0.5, 0.6) is 5.75 Å². The normalized spacial score (nSPS) is 11.3. The van der Waals surface area contributed by atoms with Crippen LogP contribution >= 0.6 is 0 Å². The number of hydrogen-bond acceptors (Lipinski definition) is 3. The summed E-state index contributed by atoms with van der Waals surface area (Å²) >= 11 is 0. The SMILES string of the molecule is CC(C)c1ccc(OCC(=O)N/N=C\c2cn(Cc3ccccc3)c3ccccc23)cc1. The number of nitrogens with one attached hydrogen (secondary N) is 1. The van der Waals surface area contributed by atoms with E-state index in [1.807, 2.05) is 54.6 Å². The fourth-order valence-electron chi connectivity index (χ4n) is 3.59. The number of amides is 1. The molecule has 32 heavy (non-hydrogen) atoms. The topological polar surface area (TPSA) is 55.6 Å². The summed E-state index contributed by atoms with van der Waals surface area (Å²) in [5.74, 6) is 0.819. The van der Waals surface area contributed by atoms with Crippen molar-refractivity contribution in [2.75, 3.05) is 6.61 Å². The van der Waals surface area contributed by atoms with Gasteiger partial charge < -0.3 is 9.30 Å². The molecule has 0 aliphatic carbocycles. The van der Waals surface area contributed by atoms with Crippen molar-refractivity contribution in [1.82, 2.24) is 9.99 Å². The van der Waals surface area contributed by atoms with Crippen LogP contribution in [-0.2, 0) is 11.3 Å². The van der Waals surface area contributed by atoms with Crippen LogP contribution in [0.25, 0.3) is 10.9 Å². The van der Waals surface area contributed by atoms with Gasteiger partial charge in [0, 0.05) is 29.2 Å². The van der Waals surface area contributed by atoms with Gasteiger partial charge in [-0.15, -0.1) is 0 Å². The van der Waals surface area contributed by atoms with Crippen LogP contribution < -0.4 is 10.2 Å². The standard InChI is InChI=1S/C27H27N3O2/c1-20(2)22-12-14-24(15-13-22)32-19-27(31)29-28-16-23-18-30(17-21-8-4-3-5-9-21)26-11-7-6-10-25(23)26/h3-16,18,20H,17,19H2,1-2H3,(H,29,31)/b28-16-. The van der Waals surface area contributed by atoms with Crippen molar-refractivity contribution in [1.29, 1.82) is 0 Å². The summed E-state index contributed by atoms with van der Waals surface area (Å²) < 4.78 is 7.75. The molecule has 1 N–H and O–H groups in total. The van der Waals surface area contributed by atoms with E-state index in [9.17, 15) is 4.79 Å². The van der Waals surface area contributed by atoms with Crippen LogP contribution in [0.3, 0.4) is 0 Å². The minimum Gasteiger partial charge on any atom is -0.484 e. The van der Waals surface area contributed by atoms with Gasteiger partial charge in [-0.25, -0.2) is 5.43 Å². The van der Waals surface area contributed by atoms with Crippen molar-refractivity contribution in [3.8, 4) is 5.75 Å². The lowest BCUT2D eigenvalue weighted by molar-refractivity contribution is -0.123. The van der Waals surface area contributed by atoms with Crippen LogP contribution in [-0.4, -0.2) is 23.3 Å². The summed E-state index contributed by atoms with van der Waals surface area (Å²) in [5.41, 5.74) is 7.08. The van der Waals surface area contributed by atoms with Crippen LogP contribution in [0.15, 0.2) is 90.2 Å². The summed E-state index contributed by atoms with van der Waals surface area (Å²) in [4.78, 5) is 12.1. The van der Waals surface area contributed by atoms with Gasteiger partial charge in [0.15, 0.2) is 6.61 Å². The van der Waals surface area contributed by atoms with Gasteiger partial charge in [-0.3, -0.25) is 4.79 Å². The number of fused-ring (bicyclic) bond motifs is 1. The van der Waals surface area contributed by atoms with Crippen LogP contribution in [0.1, 0.15) is 36.5 Å². The van der Waals surface area contributed by atoms with Crippen molar-refractivity contribution >= 4 is 23.0 Å². The average Bonchev–Trinajstić information content (AvgIpc) is 3.16. The second-order valence-corrected chi connectivity index (χ2v) is 8.02. The number of carbonyl (C=O) groups is 1. The molecular formula is C27H27N3O2. The molecule has 1 amide bonds. The molecule has 4 aromatic rings. The zero-order valence-corrected chi connectivity index (χ0v) is 18.4. The number of hydrazone groups is 1. The summed E-state index contributed by atoms with van der Waals surface area (Å²) in [7, 11) is 0. The molecule has 5 nitrogen and oxygen atoms in total. The van der Waals surface area contributed by atoms with E-state index in [4.69, 9.17) is 4.74 Å². The second-order valence-electron chi connectivity index (χ2n) is 8.02. The molecule has 0 bridgehead atoms. The molecule has 0 fully saturated rings. The Morgan fingerprint density at radius 2 is 1.72 bits per heavy atom. The Labute approximate surface area is 188 Å². The van der Waals surface area contributed by atoms with Crippen molar-refractivity contribution < 1.29 is 9.53 Å². The maximum atomic E-state index is 12.1. The number of aromatic nitrogens is 1. The van der Waals surface area contributed by atoms with Gasteiger partial charge in [0.2, 0.25) is 0 Å². The minimum atomic E-state index is -0.304. The highest BCUT2D eigenvalue weighted by atomic mass is 16.5. The molecule has 0 radical (unpaired) electrons. The molecule has 4 rings (SSSR count). The number of para-hydroxylation sites is 1. The fraction of sp³-hybridized carbons (Fsp3) is 0.185.